The number of benzene rings is 1. The molecular formula is C16H23NO2. The Labute approximate surface area is 115 Å². The Kier molecular flexibility index (Phi) is 5.40. The van der Waals surface area contributed by atoms with Crippen LogP contribution in [0.2, 0.25) is 0 Å². The van der Waals surface area contributed by atoms with Crippen LogP contribution in [-0.2, 0) is 16.1 Å². The van der Waals surface area contributed by atoms with Gasteiger partial charge in [-0.15, -0.1) is 0 Å². The molecule has 1 fully saturated rings. The van der Waals surface area contributed by atoms with Gasteiger partial charge in [0.25, 0.3) is 0 Å². The molecule has 0 spiro atoms. The number of ether oxygens (including phenoxy) is 1. The van der Waals surface area contributed by atoms with Crippen molar-refractivity contribution in [1.29, 1.82) is 0 Å². The Morgan fingerprint density at radius 1 is 1.21 bits per heavy atom. The Bertz CT molecular complexity index is 394. The van der Waals surface area contributed by atoms with Gasteiger partial charge >= 0.3 is 5.97 Å². The van der Waals surface area contributed by atoms with Crippen molar-refractivity contribution < 1.29 is 9.53 Å². The minimum Gasteiger partial charge on any atom is -0.460 e. The minimum absolute atomic E-state index is 0.209. The molecule has 0 saturated heterocycles. The van der Waals surface area contributed by atoms with Crippen LogP contribution in [0.5, 0.6) is 0 Å². The molecule has 1 aromatic carbocycles. The van der Waals surface area contributed by atoms with Crippen LogP contribution in [0.25, 0.3) is 0 Å². The molecule has 0 amide bonds. The Balaban J connectivity index is 1.85. The lowest BCUT2D eigenvalue weighted by molar-refractivity contribution is -0.143. The lowest BCUT2D eigenvalue weighted by atomic mass is 9.84. The average Bonchev–Trinajstić information content (AvgIpc) is 2.47. The van der Waals surface area contributed by atoms with Crippen LogP contribution in [0.4, 0.5) is 0 Å². The zero-order valence-electron chi connectivity index (χ0n) is 11.7. The Morgan fingerprint density at radius 3 is 2.53 bits per heavy atom. The van der Waals surface area contributed by atoms with E-state index in [1.165, 1.54) is 37.7 Å². The van der Waals surface area contributed by atoms with Crippen LogP contribution in [0.15, 0.2) is 24.3 Å². The highest BCUT2D eigenvalue weighted by Crippen LogP contribution is 2.32. The molecule has 19 heavy (non-hydrogen) atoms. The van der Waals surface area contributed by atoms with E-state index in [2.05, 4.69) is 29.6 Å². The van der Waals surface area contributed by atoms with Crippen LogP contribution >= 0.6 is 0 Å². The van der Waals surface area contributed by atoms with E-state index in [1.54, 1.807) is 7.05 Å². The van der Waals surface area contributed by atoms with Gasteiger partial charge in [0.2, 0.25) is 0 Å². The van der Waals surface area contributed by atoms with Crippen molar-refractivity contribution in [2.75, 3.05) is 13.6 Å². The van der Waals surface area contributed by atoms with Gasteiger partial charge in [-0.05, 0) is 36.9 Å². The van der Waals surface area contributed by atoms with Gasteiger partial charge in [-0.2, -0.15) is 0 Å². The SMILES string of the molecule is CNCC(=O)OCc1ccc(C2CCCCC2)cc1. The number of hydrogen-bond donors (Lipinski definition) is 1. The summed E-state index contributed by atoms with van der Waals surface area (Å²) in [5.74, 6) is 0.522. The molecule has 0 unspecified atom stereocenters. The van der Waals surface area contributed by atoms with Crippen molar-refractivity contribution in [2.45, 2.75) is 44.6 Å². The van der Waals surface area contributed by atoms with Gasteiger partial charge in [0.15, 0.2) is 0 Å². The number of carbonyl (C=O) groups excluding carboxylic acids is 1. The second-order valence-corrected chi connectivity index (χ2v) is 5.27. The number of rotatable bonds is 5. The largest absolute Gasteiger partial charge is 0.460 e. The van der Waals surface area contributed by atoms with E-state index in [-0.39, 0.29) is 12.5 Å². The van der Waals surface area contributed by atoms with E-state index < -0.39 is 0 Å². The van der Waals surface area contributed by atoms with E-state index in [9.17, 15) is 4.79 Å². The number of nitrogens with one attached hydrogen (secondary N) is 1. The van der Waals surface area contributed by atoms with E-state index in [0.717, 1.165) is 11.5 Å². The maximum atomic E-state index is 11.2. The molecule has 0 bridgehead atoms. The van der Waals surface area contributed by atoms with Crippen molar-refractivity contribution in [3.63, 3.8) is 0 Å². The number of carbonyl (C=O) groups is 1. The molecule has 1 aliphatic carbocycles. The zero-order chi connectivity index (χ0) is 13.5. The molecule has 0 radical (unpaired) electrons. The average molecular weight is 261 g/mol. The molecule has 0 heterocycles. The van der Waals surface area contributed by atoms with Gasteiger partial charge in [-0.3, -0.25) is 4.79 Å². The van der Waals surface area contributed by atoms with Gasteiger partial charge < -0.3 is 10.1 Å². The summed E-state index contributed by atoms with van der Waals surface area (Å²) in [5, 5.41) is 2.78. The molecule has 3 nitrogen and oxygen atoms in total. The lowest BCUT2D eigenvalue weighted by Gasteiger charge is -2.22. The summed E-state index contributed by atoms with van der Waals surface area (Å²) >= 11 is 0. The second-order valence-electron chi connectivity index (χ2n) is 5.27. The first-order chi connectivity index (χ1) is 9.29. The maximum Gasteiger partial charge on any atom is 0.320 e. The smallest absolute Gasteiger partial charge is 0.320 e. The van der Waals surface area contributed by atoms with Crippen LogP contribution in [0.1, 0.15) is 49.1 Å². The number of hydrogen-bond acceptors (Lipinski definition) is 3. The minimum atomic E-state index is -0.209. The second kappa shape index (κ2) is 7.29. The standard InChI is InChI=1S/C16H23NO2/c1-17-11-16(18)19-12-13-7-9-15(10-8-13)14-5-3-2-4-6-14/h7-10,14,17H,2-6,11-12H2,1H3. The first kappa shape index (κ1) is 14.1. The summed E-state index contributed by atoms with van der Waals surface area (Å²) in [6.45, 7) is 0.631. The highest BCUT2D eigenvalue weighted by atomic mass is 16.5. The number of likely N-dealkylation sites (N-methyl/N-ethyl adjacent to an activating group) is 1. The lowest BCUT2D eigenvalue weighted by Crippen LogP contribution is -2.20. The molecule has 2 rings (SSSR count). The monoisotopic (exact) mass is 261 g/mol. The number of esters is 1. The molecular weight excluding hydrogens is 238 g/mol. The van der Waals surface area contributed by atoms with Gasteiger partial charge in [0.1, 0.15) is 6.61 Å². The molecule has 104 valence electrons. The fourth-order valence-electron chi connectivity index (χ4n) is 2.68. The van der Waals surface area contributed by atoms with Crippen LogP contribution in [0.3, 0.4) is 0 Å². The topological polar surface area (TPSA) is 38.3 Å². The molecule has 3 heteroatoms. The highest BCUT2D eigenvalue weighted by molar-refractivity contribution is 5.71. The predicted octanol–water partition coefficient (Wildman–Crippen LogP) is 3.00. The van der Waals surface area contributed by atoms with Crippen molar-refractivity contribution in [3.05, 3.63) is 35.4 Å². The van der Waals surface area contributed by atoms with Crippen molar-refractivity contribution in [3.8, 4) is 0 Å². The van der Waals surface area contributed by atoms with Crippen molar-refractivity contribution >= 4 is 5.97 Å². The third kappa shape index (κ3) is 4.35. The van der Waals surface area contributed by atoms with Crippen molar-refractivity contribution in [1.82, 2.24) is 5.32 Å². The van der Waals surface area contributed by atoms with Gasteiger partial charge in [0.05, 0.1) is 6.54 Å². The summed E-state index contributed by atoms with van der Waals surface area (Å²) in [6.07, 6.45) is 6.73. The highest BCUT2D eigenvalue weighted by Gasteiger charge is 2.15. The summed E-state index contributed by atoms with van der Waals surface area (Å²) in [4.78, 5) is 11.2. The molecule has 0 aromatic heterocycles. The van der Waals surface area contributed by atoms with Crippen LogP contribution < -0.4 is 5.32 Å². The van der Waals surface area contributed by atoms with E-state index in [4.69, 9.17) is 4.74 Å². The van der Waals surface area contributed by atoms with E-state index >= 15 is 0 Å². The first-order valence-corrected chi connectivity index (χ1v) is 7.18. The van der Waals surface area contributed by atoms with Crippen LogP contribution in [-0.4, -0.2) is 19.6 Å². The fraction of sp³-hybridized carbons (Fsp3) is 0.562. The normalized spacial score (nSPS) is 16.3. The predicted molar refractivity (Wildman–Crippen MR) is 76.0 cm³/mol. The first-order valence-electron chi connectivity index (χ1n) is 7.18. The molecule has 1 N–H and O–H groups in total. The Morgan fingerprint density at radius 2 is 1.89 bits per heavy atom. The fourth-order valence-corrected chi connectivity index (χ4v) is 2.68. The zero-order valence-corrected chi connectivity index (χ0v) is 11.7. The third-order valence-corrected chi connectivity index (χ3v) is 3.78. The van der Waals surface area contributed by atoms with Gasteiger partial charge in [0, 0.05) is 0 Å². The summed E-state index contributed by atoms with van der Waals surface area (Å²) in [6, 6.07) is 8.54. The molecule has 1 aromatic rings. The molecule has 0 aliphatic heterocycles. The Hall–Kier alpha value is -1.35. The van der Waals surface area contributed by atoms with Crippen molar-refractivity contribution in [2.24, 2.45) is 0 Å². The third-order valence-electron chi connectivity index (χ3n) is 3.78. The van der Waals surface area contributed by atoms with E-state index in [1.807, 2.05) is 0 Å². The van der Waals surface area contributed by atoms with Gasteiger partial charge in [-0.1, -0.05) is 43.5 Å². The quantitative estimate of drug-likeness (QED) is 0.828. The summed E-state index contributed by atoms with van der Waals surface area (Å²) in [7, 11) is 1.74. The molecule has 1 aliphatic rings. The van der Waals surface area contributed by atoms with Gasteiger partial charge in [-0.25, -0.2) is 0 Å². The molecule has 0 atom stereocenters. The van der Waals surface area contributed by atoms with E-state index in [0.29, 0.717) is 6.61 Å². The van der Waals surface area contributed by atoms with Crippen LogP contribution in [0, 0.1) is 0 Å². The maximum absolute atomic E-state index is 11.2. The summed E-state index contributed by atoms with van der Waals surface area (Å²) in [5.41, 5.74) is 2.49. The molecule has 1 saturated carbocycles. The summed E-state index contributed by atoms with van der Waals surface area (Å²) < 4.78 is 5.15.